The number of carbonyl (C=O) groups excluding carboxylic acids is 2. The molecule has 6 N–H and O–H groups in total. The SMILES string of the molecule is CC(C)OC(=O)c1cc(-c2nn(C)c(C(F)(F)F)c2Br)c(F)cc1Cl.CCNc1nc(Cl)nc(NC(C)(C)C)n1.CCc1cccc(C)c1N(C(=O)CCl)C(C)COC.CP(=O)(O)CCC(N)C(=O)O. The van der Waals surface area contributed by atoms with Gasteiger partial charge >= 0.3 is 18.1 Å². The van der Waals surface area contributed by atoms with Crippen LogP contribution in [0.4, 0.5) is 35.1 Å². The Morgan fingerprint density at radius 2 is 1.66 bits per heavy atom. The Morgan fingerprint density at radius 1 is 1.06 bits per heavy atom. The summed E-state index contributed by atoms with van der Waals surface area (Å²) in [7, 11) is -0.383. The number of alkyl halides is 4. The van der Waals surface area contributed by atoms with Gasteiger partial charge in [0.15, 0.2) is 13.1 Å². The fourth-order valence-electron chi connectivity index (χ4n) is 5.94. The fourth-order valence-corrected chi connectivity index (χ4v) is 7.99. The average molecular weight is 1140 g/mol. The zero-order chi connectivity index (χ0) is 54.1. The molecule has 0 aliphatic rings. The number of hydrogen-bond acceptors (Lipinski definition) is 13. The number of aliphatic carboxylic acids is 1. The van der Waals surface area contributed by atoms with E-state index in [1.807, 2.05) is 53.7 Å². The normalized spacial score (nSPS) is 13.0. The molecular formula is C44H62BrCl3F4N9O8P. The Morgan fingerprint density at radius 3 is 2.13 bits per heavy atom. The summed E-state index contributed by atoms with van der Waals surface area (Å²) in [5.74, 6) is -2.01. The van der Waals surface area contributed by atoms with Gasteiger partial charge < -0.3 is 40.7 Å². The standard InChI is InChI=1S/C15H12BrClF4N2O2.C15H22ClNO2.C9H16ClN5.C5H12NO4P/c1-6(2)25-14(24)7-4-8(10(18)5-9(7)17)12-11(16)13(15(19,20)21)23(3)22-12;1-5-13-8-6-7-11(2)15(13)17(14(18)9-16)12(3)10-19-4;1-5-11-7-12-6(10)13-8(14-7)15-9(2,3)4;1-11(9,10)3-2-4(6)5(7)8/h4-6H,1-3H3;6-8,12H,5,9-10H2,1-4H3;5H2,1-4H3,(H2,11,12,13,14,15);4H,2-3,6H2,1H3,(H,7,8)(H,9,10). The average Bonchev–Trinajstić information content (AvgIpc) is 3.53. The number of esters is 1. The highest BCUT2D eigenvalue weighted by Gasteiger charge is 2.39. The van der Waals surface area contributed by atoms with Crippen LogP contribution in [-0.4, -0.2) is 115 Å². The van der Waals surface area contributed by atoms with Crippen LogP contribution in [0.3, 0.4) is 0 Å². The molecule has 2 heterocycles. The lowest BCUT2D eigenvalue weighted by Crippen LogP contribution is -2.43. The van der Waals surface area contributed by atoms with Gasteiger partial charge in [-0.25, -0.2) is 9.18 Å². The van der Waals surface area contributed by atoms with E-state index in [4.69, 9.17) is 60.0 Å². The Labute approximate surface area is 429 Å². The summed E-state index contributed by atoms with van der Waals surface area (Å²) >= 11 is 20.2. The summed E-state index contributed by atoms with van der Waals surface area (Å²) in [5.41, 5.74) is 6.34. The molecule has 0 saturated heterocycles. The summed E-state index contributed by atoms with van der Waals surface area (Å²) < 4.78 is 74.5. The number of nitrogens with zero attached hydrogens (tertiary/aromatic N) is 6. The Balaban J connectivity index is 0.000000487. The highest BCUT2D eigenvalue weighted by molar-refractivity contribution is 9.10. The number of anilines is 3. The van der Waals surface area contributed by atoms with Crippen LogP contribution in [0.2, 0.25) is 10.3 Å². The number of methoxy groups -OCH3 is 1. The van der Waals surface area contributed by atoms with Gasteiger partial charge in [-0.15, -0.1) is 11.6 Å². The quantitative estimate of drug-likeness (QED) is 0.0304. The monoisotopic (exact) mass is 1140 g/mol. The van der Waals surface area contributed by atoms with Crippen LogP contribution in [0, 0.1) is 12.7 Å². The van der Waals surface area contributed by atoms with E-state index in [1.54, 1.807) is 25.9 Å². The summed E-state index contributed by atoms with van der Waals surface area (Å²) in [4.78, 5) is 57.0. The van der Waals surface area contributed by atoms with Crippen LogP contribution in [-0.2, 0) is 43.3 Å². The third kappa shape index (κ3) is 21.3. The Kier molecular flexibility index (Phi) is 26.3. The molecule has 0 aliphatic heterocycles. The second-order valence-corrected chi connectivity index (χ2v) is 21.1. The zero-order valence-electron chi connectivity index (χ0n) is 40.9. The molecule has 3 atom stereocenters. The van der Waals surface area contributed by atoms with Crippen molar-refractivity contribution in [2.75, 3.05) is 54.5 Å². The molecule has 1 amide bonds. The first-order chi connectivity index (χ1) is 32.2. The van der Waals surface area contributed by atoms with E-state index in [0.29, 0.717) is 23.2 Å². The molecule has 17 nitrogen and oxygen atoms in total. The second kappa shape index (κ2) is 28.8. The van der Waals surface area contributed by atoms with E-state index < -0.39 is 53.6 Å². The Bertz CT molecular complexity index is 2430. The van der Waals surface area contributed by atoms with Crippen molar-refractivity contribution >= 4 is 93.5 Å². The molecular weight excluding hydrogens is 1080 g/mol. The van der Waals surface area contributed by atoms with E-state index in [1.165, 1.54) is 6.66 Å². The van der Waals surface area contributed by atoms with Gasteiger partial charge in [0.05, 0.1) is 39.5 Å². The predicted octanol–water partition coefficient (Wildman–Crippen LogP) is 10.2. The van der Waals surface area contributed by atoms with Gasteiger partial charge in [0.25, 0.3) is 0 Å². The number of halogens is 8. The number of nitrogens with one attached hydrogen (secondary N) is 2. The number of para-hydroxylation sites is 1. The minimum Gasteiger partial charge on any atom is -0.480 e. The smallest absolute Gasteiger partial charge is 0.434 e. The molecule has 0 fully saturated rings. The third-order valence-corrected chi connectivity index (χ3v) is 11.5. The number of aryl methyl sites for hydroxylation is 3. The molecule has 0 saturated carbocycles. The number of rotatable bonds is 16. The molecule has 0 bridgehead atoms. The maximum atomic E-state index is 14.3. The van der Waals surface area contributed by atoms with Crippen molar-refractivity contribution in [2.45, 2.75) is 105 Å². The molecule has 0 spiro atoms. The molecule has 392 valence electrons. The number of amides is 1. The topological polar surface area (TPSA) is 237 Å². The van der Waals surface area contributed by atoms with Crippen molar-refractivity contribution < 1.29 is 56.0 Å². The largest absolute Gasteiger partial charge is 0.480 e. The first-order valence-corrected chi connectivity index (χ1v) is 25.8. The van der Waals surface area contributed by atoms with Crippen molar-refractivity contribution in [3.63, 3.8) is 0 Å². The lowest BCUT2D eigenvalue weighted by atomic mass is 10.0. The van der Waals surface area contributed by atoms with Crippen LogP contribution in [0.25, 0.3) is 11.3 Å². The van der Waals surface area contributed by atoms with Gasteiger partial charge in [-0.05, 0) is 119 Å². The third-order valence-electron chi connectivity index (χ3n) is 8.91. The van der Waals surface area contributed by atoms with Crippen LogP contribution in [0.15, 0.2) is 34.8 Å². The second-order valence-electron chi connectivity index (χ2n) is 16.7. The van der Waals surface area contributed by atoms with E-state index in [9.17, 15) is 36.5 Å². The number of hydrogen-bond donors (Lipinski definition) is 5. The molecule has 4 rings (SSSR count). The highest BCUT2D eigenvalue weighted by atomic mass is 79.9. The minimum absolute atomic E-state index is 0.0223. The van der Waals surface area contributed by atoms with Crippen molar-refractivity contribution in [2.24, 2.45) is 12.8 Å². The first kappa shape index (κ1) is 63.9. The maximum Gasteiger partial charge on any atom is 0.434 e. The fraction of sp³-hybridized carbons (Fsp3) is 0.523. The van der Waals surface area contributed by atoms with E-state index >= 15 is 0 Å². The number of carbonyl (C=O) groups is 3. The predicted molar refractivity (Wildman–Crippen MR) is 270 cm³/mol. The molecule has 4 aromatic rings. The summed E-state index contributed by atoms with van der Waals surface area (Å²) in [6.45, 7) is 19.8. The lowest BCUT2D eigenvalue weighted by Gasteiger charge is -2.31. The van der Waals surface area contributed by atoms with Gasteiger partial charge in [0.1, 0.15) is 23.4 Å². The van der Waals surface area contributed by atoms with E-state index in [-0.39, 0.29) is 63.1 Å². The van der Waals surface area contributed by atoms with Gasteiger partial charge in [-0.1, -0.05) is 36.7 Å². The minimum atomic E-state index is -4.69. The molecule has 26 heteroatoms. The number of aromatic nitrogens is 5. The number of carboxylic acids is 1. The van der Waals surface area contributed by atoms with Crippen LogP contribution >= 0.6 is 58.1 Å². The van der Waals surface area contributed by atoms with Crippen molar-refractivity contribution in [3.8, 4) is 11.3 Å². The van der Waals surface area contributed by atoms with Gasteiger partial charge in [-0.2, -0.15) is 33.2 Å². The first-order valence-electron chi connectivity index (χ1n) is 21.4. The zero-order valence-corrected chi connectivity index (χ0v) is 45.7. The number of benzene rings is 2. The molecule has 3 unspecified atom stereocenters. The van der Waals surface area contributed by atoms with Gasteiger partial charge in [0.2, 0.25) is 23.1 Å². The molecule has 2 aromatic carbocycles. The number of carboxylic acid groups (broad SMARTS) is 1. The Hall–Kier alpha value is -4.15. The van der Waals surface area contributed by atoms with Crippen LogP contribution in [0.5, 0.6) is 0 Å². The maximum absolute atomic E-state index is 14.3. The molecule has 0 aliphatic carbocycles. The van der Waals surface area contributed by atoms with Crippen molar-refractivity contribution in [3.05, 3.63) is 73.3 Å². The number of ether oxygens (including phenoxy) is 2. The van der Waals surface area contributed by atoms with Gasteiger partial charge in [-0.3, -0.25) is 18.8 Å². The lowest BCUT2D eigenvalue weighted by molar-refractivity contribution is -0.144. The summed E-state index contributed by atoms with van der Waals surface area (Å²) in [6, 6.07) is 6.87. The molecule has 2 aromatic heterocycles. The van der Waals surface area contributed by atoms with Crippen molar-refractivity contribution in [1.82, 2.24) is 24.7 Å². The van der Waals surface area contributed by atoms with E-state index in [2.05, 4.69) is 59.6 Å². The van der Waals surface area contributed by atoms with Crippen molar-refractivity contribution in [1.29, 1.82) is 0 Å². The molecule has 70 heavy (non-hydrogen) atoms. The summed E-state index contributed by atoms with van der Waals surface area (Å²) in [5, 5.41) is 18.1. The van der Waals surface area contributed by atoms with Crippen LogP contribution < -0.4 is 21.3 Å². The number of nitrogens with two attached hydrogens (primary N) is 1. The molecule has 0 radical (unpaired) electrons. The van der Waals surface area contributed by atoms with Gasteiger partial charge in [0, 0.05) is 44.6 Å². The summed E-state index contributed by atoms with van der Waals surface area (Å²) in [6.07, 6.45) is -4.26. The van der Waals surface area contributed by atoms with E-state index in [0.717, 1.165) is 49.0 Å². The van der Waals surface area contributed by atoms with Crippen LogP contribution in [0.1, 0.15) is 89.0 Å². The highest BCUT2D eigenvalue weighted by Crippen LogP contribution is 2.41.